The van der Waals surface area contributed by atoms with Gasteiger partial charge in [0.2, 0.25) is 0 Å². The Hall–Kier alpha value is -0.980. The Kier molecular flexibility index (Phi) is 15.9. The van der Waals surface area contributed by atoms with Crippen LogP contribution in [-0.4, -0.2) is 45.4 Å². The van der Waals surface area contributed by atoms with Gasteiger partial charge in [0.05, 0.1) is 5.41 Å². The van der Waals surface area contributed by atoms with E-state index < -0.39 is 5.97 Å². The molecule has 0 spiro atoms. The number of ether oxygens (including phenoxy) is 3. The van der Waals surface area contributed by atoms with Gasteiger partial charge in [0.15, 0.2) is 0 Å². The Morgan fingerprint density at radius 3 is 1.94 bits per heavy atom. The molecule has 0 saturated carbocycles. The highest BCUT2D eigenvalue weighted by Crippen LogP contribution is 2.45. The second-order valence-electron chi connectivity index (χ2n) is 8.60. The van der Waals surface area contributed by atoms with Crippen molar-refractivity contribution in [2.24, 2.45) is 11.1 Å². The van der Waals surface area contributed by atoms with Gasteiger partial charge < -0.3 is 25.3 Å². The number of nitrogens with two attached hydrogens (primary N) is 1. The maximum Gasteiger partial charge on any atom is 0.290 e. The van der Waals surface area contributed by atoms with E-state index in [4.69, 9.17) is 19.9 Å². The van der Waals surface area contributed by atoms with Crippen molar-refractivity contribution < 1.29 is 14.2 Å². The molecular weight excluding hydrogens is 400 g/mol. The van der Waals surface area contributed by atoms with Crippen molar-refractivity contribution in [2.75, 3.05) is 39.5 Å². The number of benzene rings is 1. The van der Waals surface area contributed by atoms with Gasteiger partial charge in [-0.05, 0) is 45.6 Å². The van der Waals surface area contributed by atoms with Gasteiger partial charge in [-0.3, -0.25) is 0 Å². The van der Waals surface area contributed by atoms with E-state index in [0.717, 1.165) is 38.8 Å². The molecule has 0 amide bonds. The van der Waals surface area contributed by atoms with Gasteiger partial charge in [0, 0.05) is 39.5 Å². The lowest BCUT2D eigenvalue weighted by Crippen LogP contribution is -2.59. The monoisotopic (exact) mass is 450 g/mol. The SMILES string of the molecule is CCCCCCCCC(CCc1ccccc1)(CNCCN)C(OCC)(OCC)OCC. The molecule has 0 radical (unpaired) electrons. The quantitative estimate of drug-likeness (QED) is 0.187. The summed E-state index contributed by atoms with van der Waals surface area (Å²) in [6, 6.07) is 10.7. The average molecular weight is 451 g/mol. The third-order valence-electron chi connectivity index (χ3n) is 6.18. The van der Waals surface area contributed by atoms with Crippen LogP contribution in [0.4, 0.5) is 0 Å². The topological polar surface area (TPSA) is 65.7 Å². The molecule has 0 aliphatic carbocycles. The number of unbranched alkanes of at least 4 members (excludes halogenated alkanes) is 5. The molecular formula is C27H50N2O3. The van der Waals surface area contributed by atoms with E-state index >= 15 is 0 Å². The predicted octanol–water partition coefficient (Wildman–Crippen LogP) is 5.67. The van der Waals surface area contributed by atoms with Gasteiger partial charge in [-0.25, -0.2) is 0 Å². The molecule has 1 aromatic carbocycles. The summed E-state index contributed by atoms with van der Waals surface area (Å²) in [5, 5.41) is 3.59. The second-order valence-corrected chi connectivity index (χ2v) is 8.60. The van der Waals surface area contributed by atoms with Crippen LogP contribution in [0, 0.1) is 5.41 Å². The number of rotatable bonds is 21. The highest BCUT2D eigenvalue weighted by molar-refractivity contribution is 5.15. The molecule has 0 fully saturated rings. The average Bonchev–Trinajstić information content (AvgIpc) is 2.80. The zero-order chi connectivity index (χ0) is 23.5. The van der Waals surface area contributed by atoms with Crippen LogP contribution in [0.15, 0.2) is 30.3 Å². The molecule has 1 rings (SSSR count). The fourth-order valence-electron chi connectivity index (χ4n) is 4.57. The molecule has 1 unspecified atom stereocenters. The van der Waals surface area contributed by atoms with Crippen LogP contribution in [0.25, 0.3) is 0 Å². The van der Waals surface area contributed by atoms with Crippen molar-refractivity contribution >= 4 is 0 Å². The van der Waals surface area contributed by atoms with Crippen molar-refractivity contribution in [2.45, 2.75) is 91.5 Å². The Labute approximate surface area is 197 Å². The summed E-state index contributed by atoms with van der Waals surface area (Å²) in [5.74, 6) is -1.06. The first-order valence-electron chi connectivity index (χ1n) is 13.0. The van der Waals surface area contributed by atoms with E-state index in [0.29, 0.717) is 26.4 Å². The largest absolute Gasteiger partial charge is 0.329 e. The van der Waals surface area contributed by atoms with Gasteiger partial charge in [0.1, 0.15) is 0 Å². The smallest absolute Gasteiger partial charge is 0.290 e. The second kappa shape index (κ2) is 17.5. The van der Waals surface area contributed by atoms with Gasteiger partial charge in [-0.1, -0.05) is 75.8 Å². The lowest BCUT2D eigenvalue weighted by molar-refractivity contribution is -0.429. The van der Waals surface area contributed by atoms with E-state index in [2.05, 4.69) is 42.6 Å². The molecule has 0 saturated heterocycles. The summed E-state index contributed by atoms with van der Waals surface area (Å²) < 4.78 is 19.1. The van der Waals surface area contributed by atoms with Crippen molar-refractivity contribution in [1.29, 1.82) is 0 Å². The van der Waals surface area contributed by atoms with Crippen LogP contribution in [0.1, 0.15) is 84.6 Å². The molecule has 0 heterocycles. The van der Waals surface area contributed by atoms with Gasteiger partial charge in [0.25, 0.3) is 5.97 Å². The molecule has 3 N–H and O–H groups in total. The van der Waals surface area contributed by atoms with Crippen molar-refractivity contribution in [1.82, 2.24) is 5.32 Å². The standard InChI is InChI=1S/C27H50N2O3/c1-5-9-10-11-12-16-20-26(24-29-23-22-28,21-19-25-17-14-13-15-18-25)27(30-6-2,31-7-3)32-8-4/h13-15,17-18,29H,5-12,16,19-24,28H2,1-4H3. The van der Waals surface area contributed by atoms with Gasteiger partial charge >= 0.3 is 0 Å². The van der Waals surface area contributed by atoms with E-state index in [1.807, 2.05) is 20.8 Å². The number of hydrogen-bond donors (Lipinski definition) is 2. The minimum atomic E-state index is -1.06. The zero-order valence-electron chi connectivity index (χ0n) is 21.3. The molecule has 5 nitrogen and oxygen atoms in total. The summed E-state index contributed by atoms with van der Waals surface area (Å²) >= 11 is 0. The summed E-state index contributed by atoms with van der Waals surface area (Å²) in [4.78, 5) is 0. The zero-order valence-corrected chi connectivity index (χ0v) is 21.3. The molecule has 186 valence electrons. The van der Waals surface area contributed by atoms with Crippen molar-refractivity contribution in [3.8, 4) is 0 Å². The molecule has 5 heteroatoms. The molecule has 1 atom stereocenters. The lowest BCUT2D eigenvalue weighted by Gasteiger charge is -2.49. The van der Waals surface area contributed by atoms with Crippen LogP contribution < -0.4 is 11.1 Å². The van der Waals surface area contributed by atoms with E-state index in [1.54, 1.807) is 0 Å². The summed E-state index contributed by atoms with van der Waals surface area (Å²) in [6.07, 6.45) is 10.4. The Balaban J connectivity index is 3.21. The normalized spacial score (nSPS) is 13.9. The molecule has 32 heavy (non-hydrogen) atoms. The number of aryl methyl sites for hydroxylation is 1. The Morgan fingerprint density at radius 1 is 0.781 bits per heavy atom. The van der Waals surface area contributed by atoms with Crippen LogP contribution in [0.3, 0.4) is 0 Å². The van der Waals surface area contributed by atoms with Crippen LogP contribution in [0.5, 0.6) is 0 Å². The van der Waals surface area contributed by atoms with Crippen LogP contribution in [0.2, 0.25) is 0 Å². The Bertz CT molecular complexity index is 538. The fraction of sp³-hybridized carbons (Fsp3) is 0.778. The van der Waals surface area contributed by atoms with Crippen molar-refractivity contribution in [3.05, 3.63) is 35.9 Å². The molecule has 0 aromatic heterocycles. The van der Waals surface area contributed by atoms with Gasteiger partial charge in [-0.15, -0.1) is 0 Å². The molecule has 0 bridgehead atoms. The molecule has 0 aliphatic rings. The maximum absolute atomic E-state index is 6.37. The fourth-order valence-corrected chi connectivity index (χ4v) is 4.57. The number of hydrogen-bond acceptors (Lipinski definition) is 5. The van der Waals surface area contributed by atoms with E-state index in [1.165, 1.54) is 37.7 Å². The summed E-state index contributed by atoms with van der Waals surface area (Å²) in [5.41, 5.74) is 6.84. The van der Waals surface area contributed by atoms with Crippen LogP contribution >= 0.6 is 0 Å². The summed E-state index contributed by atoms with van der Waals surface area (Å²) in [6.45, 7) is 12.1. The minimum Gasteiger partial charge on any atom is -0.329 e. The van der Waals surface area contributed by atoms with E-state index in [-0.39, 0.29) is 5.41 Å². The lowest BCUT2D eigenvalue weighted by atomic mass is 9.74. The number of nitrogens with one attached hydrogen (secondary N) is 1. The highest BCUT2D eigenvalue weighted by Gasteiger charge is 2.54. The maximum atomic E-state index is 6.37. The first kappa shape index (κ1) is 29.1. The predicted molar refractivity (Wildman–Crippen MR) is 135 cm³/mol. The third kappa shape index (κ3) is 9.48. The minimum absolute atomic E-state index is 0.315. The van der Waals surface area contributed by atoms with Gasteiger partial charge in [-0.2, -0.15) is 0 Å². The first-order chi connectivity index (χ1) is 15.6. The third-order valence-corrected chi connectivity index (χ3v) is 6.18. The highest BCUT2D eigenvalue weighted by atomic mass is 16.9. The van der Waals surface area contributed by atoms with E-state index in [9.17, 15) is 0 Å². The molecule has 0 aliphatic heterocycles. The summed E-state index contributed by atoms with van der Waals surface area (Å²) in [7, 11) is 0. The van der Waals surface area contributed by atoms with Crippen LogP contribution in [-0.2, 0) is 20.6 Å². The first-order valence-corrected chi connectivity index (χ1v) is 13.0. The molecule has 1 aromatic rings. The van der Waals surface area contributed by atoms with Crippen molar-refractivity contribution in [3.63, 3.8) is 0 Å². The Morgan fingerprint density at radius 2 is 1.38 bits per heavy atom.